The lowest BCUT2D eigenvalue weighted by molar-refractivity contribution is 0.0943. The minimum absolute atomic E-state index is 0.180. The van der Waals surface area contributed by atoms with Crippen LogP contribution in [0.5, 0.6) is 0 Å². The van der Waals surface area contributed by atoms with Crippen molar-refractivity contribution in [2.75, 3.05) is 5.88 Å². The highest BCUT2D eigenvalue weighted by Crippen LogP contribution is 2.16. The summed E-state index contributed by atoms with van der Waals surface area (Å²) in [4.78, 5) is 22.5. The molecule has 0 aliphatic heterocycles. The second-order valence-corrected chi connectivity index (χ2v) is 3.96. The zero-order valence-electron chi connectivity index (χ0n) is 7.07. The molecule has 1 heterocycles. The Kier molecular flexibility index (Phi) is 2.39. The van der Waals surface area contributed by atoms with Crippen LogP contribution in [0.25, 0.3) is 10.2 Å². The number of aromatic nitrogens is 1. The van der Waals surface area contributed by atoms with Crippen LogP contribution in [0, 0.1) is 0 Å². The van der Waals surface area contributed by atoms with E-state index in [1.54, 1.807) is 18.2 Å². The van der Waals surface area contributed by atoms with Crippen LogP contribution in [0.1, 0.15) is 4.79 Å². The predicted molar refractivity (Wildman–Crippen MR) is 57.4 cm³/mol. The molecule has 72 valence electrons. The van der Waals surface area contributed by atoms with E-state index in [-0.39, 0.29) is 16.7 Å². The average molecular weight is 228 g/mol. The van der Waals surface area contributed by atoms with Gasteiger partial charge in [0.25, 0.3) is 0 Å². The number of thiazole rings is 1. The molecule has 0 atom stereocenters. The highest BCUT2D eigenvalue weighted by Gasteiger charge is 2.12. The molecule has 1 aromatic carbocycles. The summed E-state index contributed by atoms with van der Waals surface area (Å²) in [6, 6.07) is 7.15. The van der Waals surface area contributed by atoms with E-state index in [9.17, 15) is 9.59 Å². The molecule has 0 amide bonds. The SMILES string of the molecule is O=C(CCl)n1c(=O)sc2ccccc21. The molecule has 0 saturated carbocycles. The molecule has 0 fully saturated rings. The highest BCUT2D eigenvalue weighted by atomic mass is 35.5. The standard InChI is InChI=1S/C9H6ClNO2S/c10-5-8(12)11-6-3-1-2-4-7(6)14-9(11)13/h1-4H,5H2. The number of para-hydroxylation sites is 1. The van der Waals surface area contributed by atoms with Crippen LogP contribution in [0.4, 0.5) is 0 Å². The molecule has 2 rings (SSSR count). The van der Waals surface area contributed by atoms with Gasteiger partial charge in [0.1, 0.15) is 5.88 Å². The van der Waals surface area contributed by atoms with E-state index >= 15 is 0 Å². The summed E-state index contributed by atoms with van der Waals surface area (Å²) in [6.45, 7) is 0. The van der Waals surface area contributed by atoms with Gasteiger partial charge in [-0.25, -0.2) is 4.57 Å². The van der Waals surface area contributed by atoms with E-state index in [1.165, 1.54) is 0 Å². The maximum absolute atomic E-state index is 11.4. The van der Waals surface area contributed by atoms with Crippen LogP contribution < -0.4 is 4.87 Å². The number of hydrogen-bond donors (Lipinski definition) is 0. The number of fused-ring (bicyclic) bond motifs is 1. The number of nitrogens with zero attached hydrogens (tertiary/aromatic N) is 1. The minimum atomic E-state index is -0.380. The predicted octanol–water partition coefficient (Wildman–Crippen LogP) is 1.94. The summed E-state index contributed by atoms with van der Waals surface area (Å²) >= 11 is 6.46. The third-order valence-corrected chi connectivity index (χ3v) is 3.00. The van der Waals surface area contributed by atoms with Gasteiger partial charge in [-0.2, -0.15) is 0 Å². The van der Waals surface area contributed by atoms with Crippen molar-refractivity contribution in [1.29, 1.82) is 0 Å². The maximum Gasteiger partial charge on any atom is 0.314 e. The fourth-order valence-corrected chi connectivity index (χ4v) is 2.27. The first-order valence-electron chi connectivity index (χ1n) is 3.94. The molecule has 0 saturated heterocycles. The number of halogens is 1. The Labute approximate surface area is 88.5 Å². The van der Waals surface area contributed by atoms with Gasteiger partial charge in [-0.3, -0.25) is 9.59 Å². The lowest BCUT2D eigenvalue weighted by Crippen LogP contribution is -2.22. The van der Waals surface area contributed by atoms with Gasteiger partial charge in [0.2, 0.25) is 5.91 Å². The van der Waals surface area contributed by atoms with Crippen molar-refractivity contribution in [2.45, 2.75) is 0 Å². The summed E-state index contributed by atoms with van der Waals surface area (Å²) in [5.74, 6) is -0.560. The number of benzene rings is 1. The Balaban J connectivity index is 2.81. The third kappa shape index (κ3) is 1.36. The van der Waals surface area contributed by atoms with Gasteiger partial charge in [0.05, 0.1) is 10.2 Å². The van der Waals surface area contributed by atoms with Crippen LogP contribution in [-0.4, -0.2) is 16.4 Å². The van der Waals surface area contributed by atoms with Crippen LogP contribution in [0.15, 0.2) is 29.1 Å². The molecule has 2 aromatic rings. The van der Waals surface area contributed by atoms with Crippen molar-refractivity contribution in [3.63, 3.8) is 0 Å². The van der Waals surface area contributed by atoms with E-state index in [2.05, 4.69) is 0 Å². The molecule has 0 N–H and O–H groups in total. The maximum atomic E-state index is 11.4. The number of carbonyl (C=O) groups excluding carboxylic acids is 1. The van der Waals surface area contributed by atoms with Crippen molar-refractivity contribution in [3.05, 3.63) is 33.9 Å². The molecule has 1 aromatic heterocycles. The molecule has 3 nitrogen and oxygen atoms in total. The smallest absolute Gasteiger partial charge is 0.273 e. The monoisotopic (exact) mass is 227 g/mol. The normalized spacial score (nSPS) is 10.6. The average Bonchev–Trinajstić information content (AvgIpc) is 2.53. The van der Waals surface area contributed by atoms with Crippen molar-refractivity contribution in [3.8, 4) is 0 Å². The van der Waals surface area contributed by atoms with Gasteiger partial charge in [-0.05, 0) is 12.1 Å². The first-order chi connectivity index (χ1) is 6.74. The van der Waals surface area contributed by atoms with E-state index in [1.807, 2.05) is 6.07 Å². The molecule has 0 aliphatic rings. The Hall–Kier alpha value is -1.13. The van der Waals surface area contributed by atoms with Crippen LogP contribution in [0.2, 0.25) is 0 Å². The fourth-order valence-electron chi connectivity index (χ4n) is 1.26. The van der Waals surface area contributed by atoms with E-state index in [4.69, 9.17) is 11.6 Å². The summed E-state index contributed by atoms with van der Waals surface area (Å²) in [5, 5.41) is 0. The van der Waals surface area contributed by atoms with Gasteiger partial charge < -0.3 is 0 Å². The molecular formula is C9H6ClNO2S. The van der Waals surface area contributed by atoms with Gasteiger partial charge in [-0.15, -0.1) is 11.6 Å². The minimum Gasteiger partial charge on any atom is -0.273 e. The first kappa shape index (κ1) is 9.43. The second-order valence-electron chi connectivity index (χ2n) is 2.70. The Bertz CT molecular complexity index is 543. The Morgan fingerprint density at radius 1 is 1.43 bits per heavy atom. The Morgan fingerprint density at radius 3 is 2.86 bits per heavy atom. The second kappa shape index (κ2) is 3.55. The molecule has 0 radical (unpaired) electrons. The molecule has 14 heavy (non-hydrogen) atoms. The van der Waals surface area contributed by atoms with Gasteiger partial charge in [0, 0.05) is 0 Å². The lowest BCUT2D eigenvalue weighted by Gasteiger charge is -1.96. The summed E-state index contributed by atoms with van der Waals surface area (Å²) in [5.41, 5.74) is 0.633. The van der Waals surface area contributed by atoms with Crippen molar-refractivity contribution in [2.24, 2.45) is 0 Å². The fraction of sp³-hybridized carbons (Fsp3) is 0.111. The molecular weight excluding hydrogens is 222 g/mol. The number of rotatable bonds is 1. The lowest BCUT2D eigenvalue weighted by atomic mass is 10.3. The molecule has 0 bridgehead atoms. The first-order valence-corrected chi connectivity index (χ1v) is 5.29. The highest BCUT2D eigenvalue weighted by molar-refractivity contribution is 7.16. The zero-order valence-corrected chi connectivity index (χ0v) is 8.64. The van der Waals surface area contributed by atoms with Crippen molar-refractivity contribution in [1.82, 2.24) is 4.57 Å². The van der Waals surface area contributed by atoms with Gasteiger partial charge in [-0.1, -0.05) is 23.5 Å². The van der Waals surface area contributed by atoms with E-state index in [0.29, 0.717) is 5.52 Å². The summed E-state index contributed by atoms with van der Waals surface area (Å²) < 4.78 is 1.92. The molecule has 0 aliphatic carbocycles. The molecule has 0 spiro atoms. The van der Waals surface area contributed by atoms with Crippen LogP contribution >= 0.6 is 22.9 Å². The topological polar surface area (TPSA) is 39.1 Å². The van der Waals surface area contributed by atoms with Crippen molar-refractivity contribution < 1.29 is 4.79 Å². The summed E-state index contributed by atoms with van der Waals surface area (Å²) in [7, 11) is 0. The van der Waals surface area contributed by atoms with Gasteiger partial charge >= 0.3 is 4.87 Å². The van der Waals surface area contributed by atoms with E-state index in [0.717, 1.165) is 20.6 Å². The summed E-state index contributed by atoms with van der Waals surface area (Å²) in [6.07, 6.45) is 0. The molecule has 5 heteroatoms. The van der Waals surface area contributed by atoms with Crippen LogP contribution in [0.3, 0.4) is 0 Å². The Morgan fingerprint density at radius 2 is 2.14 bits per heavy atom. The largest absolute Gasteiger partial charge is 0.314 e. The zero-order chi connectivity index (χ0) is 10.1. The quantitative estimate of drug-likeness (QED) is 0.699. The number of carbonyl (C=O) groups is 1. The number of hydrogen-bond acceptors (Lipinski definition) is 3. The third-order valence-electron chi connectivity index (χ3n) is 1.85. The van der Waals surface area contributed by atoms with Crippen LogP contribution in [-0.2, 0) is 0 Å². The molecule has 0 unspecified atom stereocenters. The van der Waals surface area contributed by atoms with Crippen molar-refractivity contribution >= 4 is 39.1 Å². The van der Waals surface area contributed by atoms with E-state index < -0.39 is 0 Å². The van der Waals surface area contributed by atoms with Gasteiger partial charge in [0.15, 0.2) is 0 Å². The number of alkyl halides is 1.